The Morgan fingerprint density at radius 2 is 1.85 bits per heavy atom. The summed E-state index contributed by atoms with van der Waals surface area (Å²) in [5, 5.41) is 16.5. The van der Waals surface area contributed by atoms with Crippen molar-refractivity contribution in [2.45, 2.75) is 45.4 Å². The maximum Gasteiger partial charge on any atom is 0.0547 e. The first kappa shape index (κ1) is 15.1. The van der Waals surface area contributed by atoms with Crippen molar-refractivity contribution in [1.29, 1.82) is 0 Å². The molecule has 0 radical (unpaired) electrons. The van der Waals surface area contributed by atoms with Gasteiger partial charge in [0.1, 0.15) is 0 Å². The number of anilines is 2. The van der Waals surface area contributed by atoms with Crippen molar-refractivity contribution in [3.05, 3.63) is 18.5 Å². The molecule has 1 aliphatic rings. The van der Waals surface area contributed by atoms with Gasteiger partial charge in [0.25, 0.3) is 0 Å². The average Bonchev–Trinajstić information content (AvgIpc) is 2.52. The Kier molecular flexibility index (Phi) is 5.65. The van der Waals surface area contributed by atoms with Crippen LogP contribution >= 0.6 is 0 Å². The van der Waals surface area contributed by atoms with Crippen molar-refractivity contribution in [1.82, 2.24) is 4.98 Å². The predicted molar refractivity (Wildman–Crippen MR) is 84.1 cm³/mol. The van der Waals surface area contributed by atoms with E-state index >= 15 is 0 Å². The maximum absolute atomic E-state index is 9.72. The molecule has 1 heterocycles. The Hall–Kier alpha value is -1.29. The molecule has 0 aliphatic heterocycles. The lowest BCUT2D eigenvalue weighted by Gasteiger charge is -2.36. The number of aromatic nitrogens is 1. The lowest BCUT2D eigenvalue weighted by molar-refractivity contribution is 0.0944. The summed E-state index contributed by atoms with van der Waals surface area (Å²) in [6.07, 6.45) is 10.8. The fraction of sp³-hybridized carbons (Fsp3) is 0.688. The van der Waals surface area contributed by atoms with Gasteiger partial charge in [-0.2, -0.15) is 0 Å². The van der Waals surface area contributed by atoms with E-state index in [1.165, 1.54) is 19.3 Å². The summed E-state index contributed by atoms with van der Waals surface area (Å²) in [5.41, 5.74) is 2.15. The van der Waals surface area contributed by atoms with Gasteiger partial charge in [-0.15, -0.1) is 0 Å². The van der Waals surface area contributed by atoms with Crippen molar-refractivity contribution >= 4 is 11.4 Å². The van der Waals surface area contributed by atoms with Crippen molar-refractivity contribution < 1.29 is 5.11 Å². The van der Waals surface area contributed by atoms with E-state index in [1.54, 1.807) is 0 Å². The summed E-state index contributed by atoms with van der Waals surface area (Å²) in [6.45, 7) is 4.23. The average molecular weight is 277 g/mol. The van der Waals surface area contributed by atoms with Gasteiger partial charge in [-0.3, -0.25) is 4.98 Å². The third-order valence-electron chi connectivity index (χ3n) is 4.23. The second-order valence-corrected chi connectivity index (χ2v) is 5.96. The molecule has 1 aromatic rings. The minimum Gasteiger partial charge on any atom is -0.396 e. The molecule has 112 valence electrons. The summed E-state index contributed by atoms with van der Waals surface area (Å²) in [7, 11) is 0. The maximum atomic E-state index is 9.72. The van der Waals surface area contributed by atoms with Crippen LogP contribution in [0.1, 0.15) is 45.4 Å². The summed E-state index contributed by atoms with van der Waals surface area (Å²) in [4.78, 5) is 4.26. The largest absolute Gasteiger partial charge is 0.396 e. The Labute approximate surface area is 122 Å². The molecule has 4 heteroatoms. The van der Waals surface area contributed by atoms with Gasteiger partial charge in [0.2, 0.25) is 0 Å². The fourth-order valence-corrected chi connectivity index (χ4v) is 2.88. The van der Waals surface area contributed by atoms with E-state index in [0.717, 1.165) is 43.7 Å². The van der Waals surface area contributed by atoms with Gasteiger partial charge in [-0.05, 0) is 25.3 Å². The van der Waals surface area contributed by atoms with Crippen molar-refractivity contribution in [2.24, 2.45) is 5.41 Å². The molecule has 0 atom stereocenters. The molecule has 1 fully saturated rings. The molecule has 2 rings (SSSR count). The van der Waals surface area contributed by atoms with Crippen molar-refractivity contribution in [3.8, 4) is 0 Å². The molecular weight excluding hydrogens is 250 g/mol. The highest BCUT2D eigenvalue weighted by Crippen LogP contribution is 2.36. The molecule has 0 saturated heterocycles. The SMILES string of the molecule is CCCNc1cncc(NCC2(CO)CCCCC2)c1. The molecule has 0 spiro atoms. The first-order valence-electron chi connectivity index (χ1n) is 7.82. The van der Waals surface area contributed by atoms with Crippen LogP contribution in [-0.2, 0) is 0 Å². The topological polar surface area (TPSA) is 57.2 Å². The Bertz CT molecular complexity index is 402. The van der Waals surface area contributed by atoms with Crippen LogP contribution in [0.3, 0.4) is 0 Å². The summed E-state index contributed by atoms with van der Waals surface area (Å²) in [5.74, 6) is 0. The molecule has 0 amide bonds. The summed E-state index contributed by atoms with van der Waals surface area (Å²) >= 11 is 0. The summed E-state index contributed by atoms with van der Waals surface area (Å²) < 4.78 is 0. The third-order valence-corrected chi connectivity index (χ3v) is 4.23. The van der Waals surface area contributed by atoms with Crippen LogP contribution in [0.15, 0.2) is 18.5 Å². The van der Waals surface area contributed by atoms with Crippen LogP contribution in [0.4, 0.5) is 11.4 Å². The van der Waals surface area contributed by atoms with Gasteiger partial charge in [-0.25, -0.2) is 0 Å². The zero-order valence-corrected chi connectivity index (χ0v) is 12.5. The standard InChI is InChI=1S/C16H27N3O/c1-2-8-18-14-9-15(11-17-10-14)19-12-16(13-20)6-4-3-5-7-16/h9-11,18-20H,2-8,12-13H2,1H3. The molecule has 4 nitrogen and oxygen atoms in total. The number of hydrogen-bond acceptors (Lipinski definition) is 4. The molecular formula is C16H27N3O. The van der Waals surface area contributed by atoms with Crippen molar-refractivity contribution in [3.63, 3.8) is 0 Å². The lowest BCUT2D eigenvalue weighted by atomic mass is 9.74. The minimum absolute atomic E-state index is 0.0606. The first-order chi connectivity index (χ1) is 9.78. The lowest BCUT2D eigenvalue weighted by Crippen LogP contribution is -2.35. The zero-order chi connectivity index (χ0) is 14.3. The smallest absolute Gasteiger partial charge is 0.0547 e. The van der Waals surface area contributed by atoms with Gasteiger partial charge in [0, 0.05) is 18.5 Å². The predicted octanol–water partition coefficient (Wildman–Crippen LogP) is 3.26. The second kappa shape index (κ2) is 7.48. The second-order valence-electron chi connectivity index (χ2n) is 5.96. The van der Waals surface area contributed by atoms with E-state index in [2.05, 4.69) is 28.6 Å². The van der Waals surface area contributed by atoms with Gasteiger partial charge in [0.05, 0.1) is 30.4 Å². The minimum atomic E-state index is 0.0606. The molecule has 0 aromatic carbocycles. The van der Waals surface area contributed by atoms with Gasteiger partial charge in [-0.1, -0.05) is 26.2 Å². The van der Waals surface area contributed by atoms with Gasteiger partial charge >= 0.3 is 0 Å². The zero-order valence-electron chi connectivity index (χ0n) is 12.5. The molecule has 1 saturated carbocycles. The Morgan fingerprint density at radius 3 is 2.50 bits per heavy atom. The van der Waals surface area contributed by atoms with Crippen LogP contribution in [-0.4, -0.2) is 29.8 Å². The monoisotopic (exact) mass is 277 g/mol. The van der Waals surface area contributed by atoms with E-state index in [1.807, 2.05) is 12.4 Å². The normalized spacial score (nSPS) is 17.7. The number of aliphatic hydroxyl groups is 1. The Morgan fingerprint density at radius 1 is 1.15 bits per heavy atom. The number of aliphatic hydroxyl groups excluding tert-OH is 1. The number of pyridine rings is 1. The van der Waals surface area contributed by atoms with Gasteiger partial charge in [0.15, 0.2) is 0 Å². The highest BCUT2D eigenvalue weighted by Gasteiger charge is 2.31. The van der Waals surface area contributed by atoms with Crippen molar-refractivity contribution in [2.75, 3.05) is 30.3 Å². The first-order valence-corrected chi connectivity index (χ1v) is 7.82. The summed E-state index contributed by atoms with van der Waals surface area (Å²) in [6, 6.07) is 2.09. The van der Waals surface area contributed by atoms with E-state index < -0.39 is 0 Å². The van der Waals surface area contributed by atoms with Crippen LogP contribution in [0.25, 0.3) is 0 Å². The molecule has 3 N–H and O–H groups in total. The van der Waals surface area contributed by atoms with E-state index in [0.29, 0.717) is 0 Å². The third kappa shape index (κ3) is 4.10. The van der Waals surface area contributed by atoms with E-state index in [-0.39, 0.29) is 12.0 Å². The van der Waals surface area contributed by atoms with E-state index in [9.17, 15) is 5.11 Å². The molecule has 0 bridgehead atoms. The quantitative estimate of drug-likeness (QED) is 0.716. The highest BCUT2D eigenvalue weighted by molar-refractivity contribution is 5.54. The van der Waals surface area contributed by atoms with Crippen LogP contribution < -0.4 is 10.6 Å². The number of nitrogens with zero attached hydrogens (tertiary/aromatic N) is 1. The highest BCUT2D eigenvalue weighted by atomic mass is 16.3. The molecule has 20 heavy (non-hydrogen) atoms. The molecule has 0 unspecified atom stereocenters. The van der Waals surface area contributed by atoms with Crippen LogP contribution in [0.2, 0.25) is 0 Å². The Balaban J connectivity index is 1.92. The molecule has 1 aromatic heterocycles. The molecule has 1 aliphatic carbocycles. The van der Waals surface area contributed by atoms with Crippen LogP contribution in [0.5, 0.6) is 0 Å². The van der Waals surface area contributed by atoms with E-state index in [4.69, 9.17) is 0 Å². The van der Waals surface area contributed by atoms with Gasteiger partial charge < -0.3 is 15.7 Å². The number of hydrogen-bond donors (Lipinski definition) is 3. The number of rotatable bonds is 7. The number of nitrogens with one attached hydrogen (secondary N) is 2. The fourth-order valence-electron chi connectivity index (χ4n) is 2.88. The van der Waals surface area contributed by atoms with Crippen LogP contribution in [0, 0.1) is 5.41 Å².